The minimum Gasteiger partial charge on any atom is -0.384 e. The predicted molar refractivity (Wildman–Crippen MR) is 58.3 cm³/mol. The van der Waals surface area contributed by atoms with E-state index in [0.717, 1.165) is 18.5 Å². The zero-order valence-corrected chi connectivity index (χ0v) is 8.96. The van der Waals surface area contributed by atoms with Crippen LogP contribution in [0, 0.1) is 0 Å². The van der Waals surface area contributed by atoms with Crippen LogP contribution >= 0.6 is 0 Å². The zero-order valence-electron chi connectivity index (χ0n) is 8.96. The first kappa shape index (κ1) is 9.26. The van der Waals surface area contributed by atoms with Crippen LogP contribution in [-0.4, -0.2) is 25.2 Å². The molecule has 0 saturated heterocycles. The van der Waals surface area contributed by atoms with Crippen LogP contribution in [0.2, 0.25) is 0 Å². The number of hydrogen-bond acceptors (Lipinski definition) is 5. The largest absolute Gasteiger partial charge is 0.384 e. The third-order valence-corrected chi connectivity index (χ3v) is 2.95. The van der Waals surface area contributed by atoms with Crippen molar-refractivity contribution in [2.24, 2.45) is 0 Å². The van der Waals surface area contributed by atoms with E-state index in [1.807, 2.05) is 16.8 Å². The number of rotatable bonds is 2. The number of nitrogen functional groups attached to an aromatic ring is 1. The third kappa shape index (κ3) is 1.34. The summed E-state index contributed by atoms with van der Waals surface area (Å²) in [7, 11) is 0. The molecule has 1 aliphatic rings. The van der Waals surface area contributed by atoms with Gasteiger partial charge in [0.2, 0.25) is 5.82 Å². The quantitative estimate of drug-likeness (QED) is 0.803. The minimum atomic E-state index is 0.0606. The van der Waals surface area contributed by atoms with Crippen LogP contribution in [0.3, 0.4) is 0 Å². The molecule has 1 aliphatic carbocycles. The van der Waals surface area contributed by atoms with E-state index in [4.69, 9.17) is 5.73 Å². The minimum absolute atomic E-state index is 0.0606. The lowest BCUT2D eigenvalue weighted by Gasteiger charge is -2.10. The van der Waals surface area contributed by atoms with Crippen LogP contribution < -0.4 is 5.73 Å². The van der Waals surface area contributed by atoms with Crippen LogP contribution in [0.4, 0.5) is 5.82 Å². The summed E-state index contributed by atoms with van der Waals surface area (Å²) >= 11 is 0. The molecule has 0 unspecified atom stereocenters. The zero-order chi connectivity index (χ0) is 11.2. The molecule has 3 rings (SSSR count). The second-order valence-electron chi connectivity index (χ2n) is 4.36. The number of tetrazole rings is 1. The van der Waals surface area contributed by atoms with E-state index in [2.05, 4.69) is 27.4 Å². The lowest BCUT2D eigenvalue weighted by Crippen LogP contribution is -2.16. The molecule has 0 atom stereocenters. The molecule has 2 heterocycles. The molecule has 0 bridgehead atoms. The van der Waals surface area contributed by atoms with E-state index < -0.39 is 0 Å². The average molecular weight is 216 g/mol. The Morgan fingerprint density at radius 3 is 2.88 bits per heavy atom. The van der Waals surface area contributed by atoms with Crippen LogP contribution in [0.1, 0.15) is 19.8 Å². The van der Waals surface area contributed by atoms with Crippen LogP contribution in [-0.2, 0) is 5.54 Å². The maximum absolute atomic E-state index is 5.65. The Morgan fingerprint density at radius 1 is 1.38 bits per heavy atom. The van der Waals surface area contributed by atoms with E-state index in [9.17, 15) is 0 Å². The van der Waals surface area contributed by atoms with Gasteiger partial charge in [-0.3, -0.25) is 0 Å². The molecule has 1 saturated carbocycles. The lowest BCUT2D eigenvalue weighted by atomic mass is 10.3. The molecule has 16 heavy (non-hydrogen) atoms. The number of aromatic nitrogens is 5. The maximum atomic E-state index is 5.65. The van der Waals surface area contributed by atoms with Gasteiger partial charge in [0, 0.05) is 0 Å². The fourth-order valence-electron chi connectivity index (χ4n) is 1.68. The second kappa shape index (κ2) is 3.01. The van der Waals surface area contributed by atoms with Crippen molar-refractivity contribution in [3.63, 3.8) is 0 Å². The van der Waals surface area contributed by atoms with Gasteiger partial charge < -0.3 is 5.73 Å². The van der Waals surface area contributed by atoms with Crippen molar-refractivity contribution in [1.82, 2.24) is 25.2 Å². The topological polar surface area (TPSA) is 82.5 Å². The molecule has 2 aromatic rings. The standard InChI is InChI=1S/C10H12N6/c1-10(5-6-10)16-9(13-14-15-16)7-3-2-4-8(11)12-7/h2-4H,5-6H2,1H3,(H2,11,12). The SMILES string of the molecule is CC1(n2nnnc2-c2cccc(N)n2)CC1. The van der Waals surface area contributed by atoms with Crippen LogP contribution in [0.15, 0.2) is 18.2 Å². The molecule has 6 heteroatoms. The Labute approximate surface area is 92.5 Å². The molecule has 0 aromatic carbocycles. The Hall–Kier alpha value is -1.98. The average Bonchev–Trinajstić information content (AvgIpc) is 2.83. The van der Waals surface area contributed by atoms with Crippen molar-refractivity contribution in [3.8, 4) is 11.5 Å². The number of anilines is 1. The summed E-state index contributed by atoms with van der Waals surface area (Å²) in [6, 6.07) is 5.46. The fraction of sp³-hybridized carbons (Fsp3) is 0.400. The van der Waals surface area contributed by atoms with Gasteiger partial charge in [0.05, 0.1) is 5.54 Å². The highest BCUT2D eigenvalue weighted by molar-refractivity contribution is 5.52. The highest BCUT2D eigenvalue weighted by Crippen LogP contribution is 2.43. The molecule has 6 nitrogen and oxygen atoms in total. The van der Waals surface area contributed by atoms with Gasteiger partial charge >= 0.3 is 0 Å². The highest BCUT2D eigenvalue weighted by Gasteiger charge is 2.42. The van der Waals surface area contributed by atoms with Gasteiger partial charge in [0.25, 0.3) is 0 Å². The number of nitrogens with zero attached hydrogens (tertiary/aromatic N) is 5. The molecule has 0 spiro atoms. The molecule has 2 aromatic heterocycles. The maximum Gasteiger partial charge on any atom is 0.201 e. The van der Waals surface area contributed by atoms with Crippen LogP contribution in [0.5, 0.6) is 0 Å². The van der Waals surface area contributed by atoms with Crippen molar-refractivity contribution < 1.29 is 0 Å². The smallest absolute Gasteiger partial charge is 0.201 e. The van der Waals surface area contributed by atoms with Gasteiger partial charge in [-0.25, -0.2) is 9.67 Å². The first-order valence-corrected chi connectivity index (χ1v) is 5.21. The van der Waals surface area contributed by atoms with E-state index in [-0.39, 0.29) is 5.54 Å². The molecular weight excluding hydrogens is 204 g/mol. The summed E-state index contributed by atoms with van der Waals surface area (Å²) < 4.78 is 1.84. The van der Waals surface area contributed by atoms with E-state index >= 15 is 0 Å². The summed E-state index contributed by atoms with van der Waals surface area (Å²) in [5.41, 5.74) is 6.43. The highest BCUT2D eigenvalue weighted by atomic mass is 15.6. The van der Waals surface area contributed by atoms with E-state index in [1.54, 1.807) is 6.07 Å². The summed E-state index contributed by atoms with van der Waals surface area (Å²) in [4.78, 5) is 4.23. The third-order valence-electron chi connectivity index (χ3n) is 2.95. The van der Waals surface area contributed by atoms with Crippen molar-refractivity contribution in [2.45, 2.75) is 25.3 Å². The predicted octanol–water partition coefficient (Wildman–Crippen LogP) is 0.826. The molecule has 2 N–H and O–H groups in total. The van der Waals surface area contributed by atoms with Crippen LogP contribution in [0.25, 0.3) is 11.5 Å². The Bertz CT molecular complexity index is 528. The van der Waals surface area contributed by atoms with E-state index in [1.165, 1.54) is 0 Å². The molecule has 0 amide bonds. The number of hydrogen-bond donors (Lipinski definition) is 1. The summed E-state index contributed by atoms with van der Waals surface area (Å²) in [5, 5.41) is 11.8. The Balaban J connectivity index is 2.10. The summed E-state index contributed by atoms with van der Waals surface area (Å²) in [6.07, 6.45) is 2.21. The van der Waals surface area contributed by atoms with Crippen molar-refractivity contribution in [2.75, 3.05) is 5.73 Å². The Morgan fingerprint density at radius 2 is 2.19 bits per heavy atom. The fourth-order valence-corrected chi connectivity index (χ4v) is 1.68. The first-order valence-electron chi connectivity index (χ1n) is 5.21. The molecule has 1 fully saturated rings. The lowest BCUT2D eigenvalue weighted by molar-refractivity contribution is 0.462. The molecule has 0 radical (unpaired) electrons. The number of pyridine rings is 1. The number of nitrogens with two attached hydrogens (primary N) is 1. The van der Waals surface area contributed by atoms with Gasteiger partial charge in [0.1, 0.15) is 11.5 Å². The van der Waals surface area contributed by atoms with Crippen molar-refractivity contribution in [1.29, 1.82) is 0 Å². The van der Waals surface area contributed by atoms with Gasteiger partial charge in [-0.1, -0.05) is 6.07 Å². The van der Waals surface area contributed by atoms with E-state index in [0.29, 0.717) is 11.6 Å². The van der Waals surface area contributed by atoms with Gasteiger partial charge in [-0.15, -0.1) is 5.10 Å². The summed E-state index contributed by atoms with van der Waals surface area (Å²) in [5.74, 6) is 1.17. The Kier molecular flexibility index (Phi) is 1.74. The molecule has 82 valence electrons. The van der Waals surface area contributed by atoms with Gasteiger partial charge in [-0.05, 0) is 42.3 Å². The molecule has 0 aliphatic heterocycles. The molecular formula is C10H12N6. The first-order chi connectivity index (χ1) is 7.69. The van der Waals surface area contributed by atoms with Gasteiger partial charge in [-0.2, -0.15) is 0 Å². The van der Waals surface area contributed by atoms with Gasteiger partial charge in [0.15, 0.2) is 0 Å². The monoisotopic (exact) mass is 216 g/mol. The van der Waals surface area contributed by atoms with Crippen molar-refractivity contribution in [3.05, 3.63) is 18.2 Å². The summed E-state index contributed by atoms with van der Waals surface area (Å²) in [6.45, 7) is 2.14. The second-order valence-corrected chi connectivity index (χ2v) is 4.36. The van der Waals surface area contributed by atoms with Crippen molar-refractivity contribution >= 4 is 5.82 Å². The normalized spacial score (nSPS) is 17.3.